The zero-order valence-electron chi connectivity index (χ0n) is 42.0. The van der Waals surface area contributed by atoms with Gasteiger partial charge in [-0.15, -0.1) is 69.8 Å². The van der Waals surface area contributed by atoms with E-state index in [1.165, 1.54) is 79.7 Å². The fraction of sp³-hybridized carbons (Fsp3) is 0.441. The fourth-order valence-corrected chi connectivity index (χ4v) is 9.73. The van der Waals surface area contributed by atoms with Gasteiger partial charge in [0, 0.05) is 50.4 Å². The quantitative estimate of drug-likeness (QED) is 0.0754. The van der Waals surface area contributed by atoms with E-state index in [1.807, 2.05) is 39.8 Å². The molecule has 341 valence electrons. The Morgan fingerprint density at radius 2 is 1.12 bits per heavy atom. The Labute approximate surface area is 402 Å². The number of hydrogen-bond acceptors (Lipinski definition) is 4. The van der Waals surface area contributed by atoms with Gasteiger partial charge in [0.25, 0.3) is 0 Å². The van der Waals surface area contributed by atoms with Gasteiger partial charge in [-0.25, -0.2) is 0 Å². The maximum atomic E-state index is 11.7. The molecule has 0 saturated heterocycles. The number of hydrogen-bond donors (Lipinski definition) is 1. The summed E-state index contributed by atoms with van der Waals surface area (Å²) in [6.45, 7) is 18.7. The van der Waals surface area contributed by atoms with Crippen molar-refractivity contribution in [3.63, 3.8) is 0 Å². The van der Waals surface area contributed by atoms with Crippen molar-refractivity contribution < 1.29 is 32.7 Å². The van der Waals surface area contributed by atoms with E-state index in [0.29, 0.717) is 30.1 Å². The molecule has 64 heavy (non-hydrogen) atoms. The molecule has 0 unspecified atom stereocenters. The molecule has 0 amide bonds. The molecule has 2 aliphatic rings. The van der Waals surface area contributed by atoms with Crippen molar-refractivity contribution >= 4 is 27.3 Å². The second-order valence-electron chi connectivity index (χ2n) is 18.5. The number of fused-ring (bicyclic) bond motifs is 2. The average Bonchev–Trinajstić information content (AvgIpc) is 4.03. The molecule has 0 bridgehead atoms. The first kappa shape index (κ1) is 47.5. The number of allylic oxidation sites excluding steroid dienone is 2. The summed E-state index contributed by atoms with van der Waals surface area (Å²) in [4.78, 5) is 20.8. The third kappa shape index (κ3) is 12.9. The van der Waals surface area contributed by atoms with Gasteiger partial charge in [-0.2, -0.15) is 0 Å². The van der Waals surface area contributed by atoms with Crippen LogP contribution in [0.5, 0.6) is 0 Å². The van der Waals surface area contributed by atoms with E-state index < -0.39 is 0 Å². The summed E-state index contributed by atoms with van der Waals surface area (Å²) in [5.41, 5.74) is 11.3. The molecule has 2 aromatic heterocycles. The maximum Gasteiger partial charge on any atom is 0.162 e. The number of rotatable bonds is 12. The molecule has 1 radical (unpaired) electrons. The summed E-state index contributed by atoms with van der Waals surface area (Å²) < 4.78 is 16.3. The number of benzene rings is 4. The predicted molar refractivity (Wildman–Crippen MR) is 267 cm³/mol. The number of ketones is 1. The van der Waals surface area contributed by atoms with Crippen LogP contribution in [0, 0.1) is 44.7 Å². The van der Waals surface area contributed by atoms with Gasteiger partial charge in [0.05, 0.1) is 8.50 Å². The SMILES string of the molecule is CCC(CC)C(=O)/C=C(\O)C(CC)CC.[2H]c1cc2cc(C3CCCC3)ccc2c(-c2[c-]c(C)cc(C(C)C)c2)n1.[2H]c1cc2cc(C3CCCC3)ccc2c(-c2[c-]c(C)cc(C)c2)n1.[Ir]. The molecule has 4 nitrogen and oxygen atoms in total. The van der Waals surface area contributed by atoms with Crippen molar-refractivity contribution in [2.75, 3.05) is 0 Å². The molecule has 0 atom stereocenters. The molecule has 5 heteroatoms. The van der Waals surface area contributed by atoms with Crippen LogP contribution in [-0.4, -0.2) is 20.9 Å². The third-order valence-corrected chi connectivity index (χ3v) is 13.5. The number of carbonyl (C=O) groups excluding carboxylic acids is 1. The van der Waals surface area contributed by atoms with Gasteiger partial charge >= 0.3 is 0 Å². The van der Waals surface area contributed by atoms with Crippen LogP contribution in [0.4, 0.5) is 0 Å². The van der Waals surface area contributed by atoms with E-state index in [9.17, 15) is 9.90 Å². The van der Waals surface area contributed by atoms with Gasteiger partial charge in [-0.1, -0.05) is 124 Å². The second kappa shape index (κ2) is 24.2. The maximum absolute atomic E-state index is 11.7. The smallest absolute Gasteiger partial charge is 0.162 e. The standard InChI is InChI=1S/C24H26N.C22H22N.C13H24O2.Ir/c1-16(2)21-12-17(3)13-22(15-21)24-23-9-8-19(18-6-4-5-7-18)14-20(23)10-11-25-24;1-15-11-16(2)13-20(12-15)22-21-8-7-18(17-5-3-4-6-17)14-19(21)9-10-23-22;1-5-10(6-2)12(14)9-13(15)11(7-3)8-4;/h8-12,14-16,18H,4-7H2,1-3H3;7-12,14,17H,3-6H2,1-2H3;9-11,14H,5-8H2,1-4H3;/q2*-1;;/b;;12-9-;/i11D;10D;;. The Bertz CT molecular complexity index is 2580. The molecule has 0 aliphatic heterocycles. The molecular weight excluding hydrogens is 961 g/mol. The summed E-state index contributed by atoms with van der Waals surface area (Å²) in [7, 11) is 0. The Morgan fingerprint density at radius 1 is 0.672 bits per heavy atom. The van der Waals surface area contributed by atoms with Crippen LogP contribution < -0.4 is 0 Å². The van der Waals surface area contributed by atoms with E-state index in [-0.39, 0.29) is 43.5 Å². The first-order valence-corrected chi connectivity index (χ1v) is 24.0. The first-order valence-electron chi connectivity index (χ1n) is 25.0. The van der Waals surface area contributed by atoms with Gasteiger partial charge in [0.15, 0.2) is 5.78 Å². The van der Waals surface area contributed by atoms with Crippen molar-refractivity contribution in [1.29, 1.82) is 0 Å². The topological polar surface area (TPSA) is 63.1 Å². The van der Waals surface area contributed by atoms with E-state index >= 15 is 0 Å². The number of nitrogens with zero attached hydrogens (tertiary/aromatic N) is 2. The molecule has 6 aromatic rings. The van der Waals surface area contributed by atoms with E-state index in [1.54, 1.807) is 0 Å². The molecule has 2 aliphatic carbocycles. The summed E-state index contributed by atoms with van der Waals surface area (Å²) >= 11 is 0. The molecule has 4 aromatic carbocycles. The summed E-state index contributed by atoms with van der Waals surface area (Å²) in [6.07, 6.45) is 16.1. The van der Waals surface area contributed by atoms with E-state index in [0.717, 1.165) is 80.9 Å². The van der Waals surface area contributed by atoms with Crippen molar-refractivity contribution in [3.05, 3.63) is 142 Å². The minimum Gasteiger partial charge on any atom is -0.512 e. The zero-order chi connectivity index (χ0) is 46.8. The van der Waals surface area contributed by atoms with Crippen molar-refractivity contribution in [2.45, 2.75) is 157 Å². The summed E-state index contributed by atoms with van der Waals surface area (Å²) in [5.74, 6) is 2.38. The van der Waals surface area contributed by atoms with Crippen LogP contribution in [-0.2, 0) is 24.9 Å². The number of aromatic nitrogens is 2. The van der Waals surface area contributed by atoms with Crippen LogP contribution in [0.1, 0.15) is 172 Å². The minimum atomic E-state index is 0. The fourth-order valence-electron chi connectivity index (χ4n) is 9.73. The predicted octanol–water partition coefficient (Wildman–Crippen LogP) is 16.6. The molecule has 2 heterocycles. The molecule has 8 rings (SSSR count). The Hall–Kier alpha value is -4.44. The number of aliphatic hydroxyl groups is 1. The Morgan fingerprint density at radius 3 is 1.56 bits per heavy atom. The monoisotopic (exact) mass is 1040 g/mol. The van der Waals surface area contributed by atoms with Crippen LogP contribution in [0.3, 0.4) is 0 Å². The first-order chi connectivity index (χ1) is 31.2. The average molecular weight is 1040 g/mol. The van der Waals surface area contributed by atoms with Crippen molar-refractivity contribution in [3.8, 4) is 22.5 Å². The molecule has 2 saturated carbocycles. The van der Waals surface area contributed by atoms with Gasteiger partial charge < -0.3 is 15.1 Å². The van der Waals surface area contributed by atoms with Crippen LogP contribution in [0.2, 0.25) is 0 Å². The van der Waals surface area contributed by atoms with Gasteiger partial charge in [0.2, 0.25) is 0 Å². The van der Waals surface area contributed by atoms with Gasteiger partial charge in [-0.05, 0) is 125 Å². The normalized spacial score (nSPS) is 14.9. The molecule has 2 fully saturated rings. The van der Waals surface area contributed by atoms with Crippen molar-refractivity contribution in [1.82, 2.24) is 9.97 Å². The number of carbonyl (C=O) groups is 1. The summed E-state index contributed by atoms with van der Waals surface area (Å²) in [6, 6.07) is 32.8. The molecule has 1 N–H and O–H groups in total. The van der Waals surface area contributed by atoms with E-state index in [4.69, 9.17) is 2.74 Å². The largest absolute Gasteiger partial charge is 0.512 e. The molecular formula is C59H72IrN2O2-2. The van der Waals surface area contributed by atoms with Gasteiger partial charge in [-0.3, -0.25) is 4.79 Å². The Kier molecular flexibility index (Phi) is 18.0. The molecule has 0 spiro atoms. The Balaban J connectivity index is 0.000000192. The number of aryl methyl sites for hydroxylation is 3. The van der Waals surface area contributed by atoms with Crippen LogP contribution >= 0.6 is 0 Å². The van der Waals surface area contributed by atoms with Gasteiger partial charge in [0.1, 0.15) is 0 Å². The number of pyridine rings is 2. The minimum absolute atomic E-state index is 0. The second-order valence-corrected chi connectivity index (χ2v) is 18.5. The van der Waals surface area contributed by atoms with Crippen molar-refractivity contribution in [2.24, 2.45) is 11.8 Å². The van der Waals surface area contributed by atoms with Crippen LogP contribution in [0.15, 0.2) is 97.0 Å². The third-order valence-electron chi connectivity index (χ3n) is 13.5. The van der Waals surface area contributed by atoms with E-state index in [2.05, 4.69) is 117 Å². The zero-order valence-corrected chi connectivity index (χ0v) is 42.4. The van der Waals surface area contributed by atoms with Crippen LogP contribution in [0.25, 0.3) is 44.1 Å². The summed E-state index contributed by atoms with van der Waals surface area (Å²) in [5, 5.41) is 14.3. The number of aliphatic hydroxyl groups excluding tert-OH is 1.